The average Bonchev–Trinajstić information content (AvgIpc) is 2.90. The summed E-state index contributed by atoms with van der Waals surface area (Å²) < 4.78 is 12.9. The van der Waals surface area contributed by atoms with E-state index in [4.69, 9.17) is 0 Å². The highest BCUT2D eigenvalue weighted by Crippen LogP contribution is 2.13. The average molecular weight is 341 g/mol. The molecule has 1 aromatic carbocycles. The van der Waals surface area contributed by atoms with Crippen molar-refractivity contribution in [1.29, 1.82) is 0 Å². The van der Waals surface area contributed by atoms with Crippen LogP contribution >= 0.6 is 0 Å². The third-order valence-electron chi connectivity index (χ3n) is 4.08. The summed E-state index contributed by atoms with van der Waals surface area (Å²) in [5.41, 5.74) is 4.58. The predicted octanol–water partition coefficient (Wildman–Crippen LogP) is 2.65. The van der Waals surface area contributed by atoms with Crippen LogP contribution < -0.4 is 10.9 Å². The maximum atomic E-state index is 12.9. The monoisotopic (exact) mass is 341 g/mol. The van der Waals surface area contributed by atoms with Crippen LogP contribution in [0.3, 0.4) is 0 Å². The molecule has 2 heterocycles. The molecule has 3 rings (SSSR count). The molecule has 0 saturated heterocycles. The number of benzene rings is 1. The molecule has 0 amide bonds. The molecule has 0 spiro atoms. The fourth-order valence-electron chi connectivity index (χ4n) is 2.70. The van der Waals surface area contributed by atoms with Gasteiger partial charge in [0, 0.05) is 18.3 Å². The van der Waals surface area contributed by atoms with E-state index in [1.165, 1.54) is 18.2 Å². The van der Waals surface area contributed by atoms with Gasteiger partial charge in [-0.25, -0.2) is 9.37 Å². The number of nitrogens with one attached hydrogen (secondary N) is 3. The topological polar surface area (TPSA) is 86.5 Å². The third-order valence-corrected chi connectivity index (χ3v) is 4.08. The van der Waals surface area contributed by atoms with Gasteiger partial charge in [-0.15, -0.1) is 0 Å². The summed E-state index contributed by atoms with van der Waals surface area (Å²) in [6, 6.07) is 7.69. The Hall–Kier alpha value is -2.96. The Balaban J connectivity index is 1.67. The Morgan fingerprint density at radius 2 is 1.92 bits per heavy atom. The molecule has 25 heavy (non-hydrogen) atoms. The maximum Gasteiger partial charge on any atom is 0.252 e. The normalized spacial score (nSPS) is 10.8. The SMILES string of the molecule is Cc1n[nH]c(C)c1CCc1cc(=O)[nH]c(NCc2ccc(F)cc2)n1. The van der Waals surface area contributed by atoms with Gasteiger partial charge in [-0.1, -0.05) is 12.1 Å². The van der Waals surface area contributed by atoms with E-state index >= 15 is 0 Å². The van der Waals surface area contributed by atoms with Crippen LogP contribution in [0.4, 0.5) is 10.3 Å². The molecule has 0 aliphatic carbocycles. The van der Waals surface area contributed by atoms with Gasteiger partial charge >= 0.3 is 0 Å². The minimum absolute atomic E-state index is 0.202. The van der Waals surface area contributed by atoms with Crippen LogP contribution in [0.1, 0.15) is 28.2 Å². The summed E-state index contributed by atoms with van der Waals surface area (Å²) in [7, 11) is 0. The van der Waals surface area contributed by atoms with Crippen molar-refractivity contribution in [2.24, 2.45) is 0 Å². The second-order valence-corrected chi connectivity index (χ2v) is 5.98. The Kier molecular flexibility index (Phi) is 4.92. The molecule has 0 radical (unpaired) electrons. The number of aryl methyl sites for hydroxylation is 3. The first kappa shape index (κ1) is 16.9. The van der Waals surface area contributed by atoms with Gasteiger partial charge in [0.1, 0.15) is 5.82 Å². The fourth-order valence-corrected chi connectivity index (χ4v) is 2.70. The summed E-state index contributed by atoms with van der Waals surface area (Å²) in [6.45, 7) is 4.39. The Morgan fingerprint density at radius 3 is 2.60 bits per heavy atom. The van der Waals surface area contributed by atoms with E-state index in [0.717, 1.165) is 28.9 Å². The van der Waals surface area contributed by atoms with E-state index in [1.54, 1.807) is 12.1 Å². The van der Waals surface area contributed by atoms with Crippen molar-refractivity contribution >= 4 is 5.95 Å². The van der Waals surface area contributed by atoms with Crippen molar-refractivity contribution in [3.63, 3.8) is 0 Å². The molecular weight excluding hydrogens is 321 g/mol. The molecule has 0 bridgehead atoms. The number of rotatable bonds is 6. The van der Waals surface area contributed by atoms with Gasteiger partial charge in [-0.2, -0.15) is 5.10 Å². The molecule has 0 aliphatic heterocycles. The quantitative estimate of drug-likeness (QED) is 0.643. The Labute approximate surface area is 144 Å². The molecular formula is C18H20FN5O. The molecule has 3 N–H and O–H groups in total. The number of H-pyrrole nitrogens is 2. The van der Waals surface area contributed by atoms with Gasteiger partial charge in [-0.05, 0) is 49.9 Å². The van der Waals surface area contributed by atoms with Crippen molar-refractivity contribution in [2.75, 3.05) is 5.32 Å². The van der Waals surface area contributed by atoms with Crippen LogP contribution in [0.25, 0.3) is 0 Å². The lowest BCUT2D eigenvalue weighted by atomic mass is 10.1. The van der Waals surface area contributed by atoms with Crippen LogP contribution in [0.5, 0.6) is 0 Å². The first-order valence-electron chi connectivity index (χ1n) is 8.10. The van der Waals surface area contributed by atoms with E-state index in [2.05, 4.69) is 25.5 Å². The number of nitrogens with zero attached hydrogens (tertiary/aromatic N) is 2. The molecule has 3 aromatic rings. The lowest BCUT2D eigenvalue weighted by Gasteiger charge is -2.08. The number of hydrogen-bond donors (Lipinski definition) is 3. The van der Waals surface area contributed by atoms with Gasteiger partial charge in [0.05, 0.1) is 11.4 Å². The molecule has 7 heteroatoms. The molecule has 2 aromatic heterocycles. The Bertz CT molecular complexity index is 894. The molecule has 0 aliphatic rings. The van der Waals surface area contributed by atoms with Gasteiger partial charge in [-0.3, -0.25) is 14.9 Å². The first-order chi connectivity index (χ1) is 12.0. The second kappa shape index (κ2) is 7.29. The van der Waals surface area contributed by atoms with E-state index in [1.807, 2.05) is 13.8 Å². The smallest absolute Gasteiger partial charge is 0.252 e. The highest BCUT2D eigenvalue weighted by molar-refractivity contribution is 5.29. The standard InChI is InChI=1S/C18H20FN5O/c1-11-16(12(2)24-23-11)8-7-15-9-17(25)22-18(21-15)20-10-13-3-5-14(19)6-4-13/h3-6,9H,7-8,10H2,1-2H3,(H,23,24)(H2,20,21,22,25). The molecule has 0 saturated carbocycles. The van der Waals surface area contributed by atoms with E-state index < -0.39 is 0 Å². The van der Waals surface area contributed by atoms with Crippen molar-refractivity contribution in [1.82, 2.24) is 20.2 Å². The van der Waals surface area contributed by atoms with Crippen molar-refractivity contribution in [3.8, 4) is 0 Å². The molecule has 0 unspecified atom stereocenters. The van der Waals surface area contributed by atoms with Crippen LogP contribution in [0.2, 0.25) is 0 Å². The van der Waals surface area contributed by atoms with E-state index in [-0.39, 0.29) is 11.4 Å². The second-order valence-electron chi connectivity index (χ2n) is 5.98. The van der Waals surface area contributed by atoms with Gasteiger partial charge < -0.3 is 5.32 Å². The van der Waals surface area contributed by atoms with Crippen LogP contribution in [0.15, 0.2) is 35.1 Å². The highest BCUT2D eigenvalue weighted by Gasteiger charge is 2.08. The largest absolute Gasteiger partial charge is 0.352 e. The van der Waals surface area contributed by atoms with E-state index in [9.17, 15) is 9.18 Å². The van der Waals surface area contributed by atoms with Gasteiger partial charge in [0.2, 0.25) is 5.95 Å². The highest BCUT2D eigenvalue weighted by atomic mass is 19.1. The summed E-state index contributed by atoms with van der Waals surface area (Å²) in [6.07, 6.45) is 1.42. The first-order valence-corrected chi connectivity index (χ1v) is 8.10. The minimum atomic E-state index is -0.276. The van der Waals surface area contributed by atoms with Crippen molar-refractivity contribution in [2.45, 2.75) is 33.2 Å². The summed E-state index contributed by atoms with van der Waals surface area (Å²) in [4.78, 5) is 19.0. The van der Waals surface area contributed by atoms with Gasteiger partial charge in [0.15, 0.2) is 0 Å². The third kappa shape index (κ3) is 4.32. The van der Waals surface area contributed by atoms with Crippen molar-refractivity contribution < 1.29 is 4.39 Å². The van der Waals surface area contributed by atoms with Crippen LogP contribution in [-0.2, 0) is 19.4 Å². The van der Waals surface area contributed by atoms with Gasteiger partial charge in [0.25, 0.3) is 5.56 Å². The summed E-state index contributed by atoms with van der Waals surface area (Å²) >= 11 is 0. The zero-order chi connectivity index (χ0) is 17.8. The molecule has 0 fully saturated rings. The number of aromatic nitrogens is 4. The lowest BCUT2D eigenvalue weighted by molar-refractivity contribution is 0.627. The zero-order valence-electron chi connectivity index (χ0n) is 14.2. The lowest BCUT2D eigenvalue weighted by Crippen LogP contribution is -2.14. The number of hydrogen-bond acceptors (Lipinski definition) is 4. The van der Waals surface area contributed by atoms with E-state index in [0.29, 0.717) is 24.6 Å². The fraction of sp³-hybridized carbons (Fsp3) is 0.278. The number of aromatic amines is 2. The Morgan fingerprint density at radius 1 is 1.16 bits per heavy atom. The maximum absolute atomic E-state index is 12.9. The predicted molar refractivity (Wildman–Crippen MR) is 94.1 cm³/mol. The summed E-state index contributed by atoms with van der Waals surface area (Å²) in [5.74, 6) is 0.134. The number of anilines is 1. The summed E-state index contributed by atoms with van der Waals surface area (Å²) in [5, 5.41) is 10.2. The van der Waals surface area contributed by atoms with Crippen LogP contribution in [-0.4, -0.2) is 20.2 Å². The zero-order valence-corrected chi connectivity index (χ0v) is 14.2. The molecule has 0 atom stereocenters. The molecule has 130 valence electrons. The number of halogens is 1. The minimum Gasteiger partial charge on any atom is -0.352 e. The molecule has 6 nitrogen and oxygen atoms in total. The van der Waals surface area contributed by atoms with Crippen molar-refractivity contribution in [3.05, 3.63) is 74.7 Å². The van der Waals surface area contributed by atoms with Crippen LogP contribution in [0, 0.1) is 19.7 Å².